The van der Waals surface area contributed by atoms with Crippen molar-refractivity contribution in [2.24, 2.45) is 11.7 Å². The van der Waals surface area contributed by atoms with E-state index in [1.807, 2.05) is 13.8 Å². The molecule has 0 aliphatic rings. The van der Waals surface area contributed by atoms with E-state index in [4.69, 9.17) is 10.5 Å². The Morgan fingerprint density at radius 1 is 1.29 bits per heavy atom. The first kappa shape index (κ1) is 22.6. The second-order valence-electron chi connectivity index (χ2n) is 5.54. The predicted molar refractivity (Wildman–Crippen MR) is 94.2 cm³/mol. The van der Waals surface area contributed by atoms with Gasteiger partial charge < -0.3 is 15.2 Å². The Morgan fingerprint density at radius 2 is 1.92 bits per heavy atom. The monoisotopic (exact) mass is 380 g/mol. The molecule has 0 fully saturated rings. The van der Waals surface area contributed by atoms with Gasteiger partial charge in [-0.25, -0.2) is 17.9 Å². The van der Waals surface area contributed by atoms with Crippen molar-refractivity contribution in [2.75, 3.05) is 20.8 Å². The molecule has 9 heteroatoms. The summed E-state index contributed by atoms with van der Waals surface area (Å²) in [4.78, 5) is 11.7. The molecule has 0 bridgehead atoms. The number of halogens is 1. The number of carbonyl (C=O) groups is 1. The minimum atomic E-state index is -3.80. The zero-order valence-electron chi connectivity index (χ0n) is 14.2. The van der Waals surface area contributed by atoms with Crippen LogP contribution in [0.25, 0.3) is 0 Å². The van der Waals surface area contributed by atoms with Gasteiger partial charge in [0.25, 0.3) is 0 Å². The van der Waals surface area contributed by atoms with E-state index in [9.17, 15) is 13.2 Å². The van der Waals surface area contributed by atoms with E-state index in [1.54, 1.807) is 0 Å². The normalized spacial score (nSPS) is 12.4. The van der Waals surface area contributed by atoms with Gasteiger partial charge in [0.15, 0.2) is 0 Å². The van der Waals surface area contributed by atoms with Crippen LogP contribution in [-0.2, 0) is 14.8 Å². The summed E-state index contributed by atoms with van der Waals surface area (Å²) in [5.74, 6) is -0.127. The summed E-state index contributed by atoms with van der Waals surface area (Å²) in [5, 5.41) is 0. The van der Waals surface area contributed by atoms with Crippen molar-refractivity contribution in [2.45, 2.75) is 31.2 Å². The highest BCUT2D eigenvalue weighted by Crippen LogP contribution is 2.23. The largest absolute Gasteiger partial charge is 0.496 e. The van der Waals surface area contributed by atoms with Gasteiger partial charge in [0, 0.05) is 12.6 Å². The SMILES string of the molecule is COC(=O)c1cc(S(=O)(=O)NC(CN)CC(C)C)ccc1OC.Cl. The van der Waals surface area contributed by atoms with E-state index in [0.29, 0.717) is 12.3 Å². The lowest BCUT2D eigenvalue weighted by Gasteiger charge is -2.19. The topological polar surface area (TPSA) is 108 Å². The molecule has 0 saturated heterocycles. The molecule has 24 heavy (non-hydrogen) atoms. The van der Waals surface area contributed by atoms with Crippen molar-refractivity contribution in [1.29, 1.82) is 0 Å². The fourth-order valence-corrected chi connectivity index (χ4v) is 3.46. The third-order valence-electron chi connectivity index (χ3n) is 3.25. The van der Waals surface area contributed by atoms with Crippen molar-refractivity contribution in [3.8, 4) is 5.75 Å². The van der Waals surface area contributed by atoms with Crippen LogP contribution in [0, 0.1) is 5.92 Å². The van der Waals surface area contributed by atoms with Gasteiger partial charge in [-0.2, -0.15) is 0 Å². The van der Waals surface area contributed by atoms with E-state index >= 15 is 0 Å². The average molecular weight is 381 g/mol. The molecule has 0 aromatic heterocycles. The number of methoxy groups -OCH3 is 2. The van der Waals surface area contributed by atoms with Crippen LogP contribution in [-0.4, -0.2) is 41.2 Å². The lowest BCUT2D eigenvalue weighted by Crippen LogP contribution is -2.41. The number of rotatable bonds is 8. The molecule has 138 valence electrons. The highest BCUT2D eigenvalue weighted by atomic mass is 35.5. The van der Waals surface area contributed by atoms with E-state index < -0.39 is 16.0 Å². The fourth-order valence-electron chi connectivity index (χ4n) is 2.17. The Bertz CT molecular complexity index is 649. The lowest BCUT2D eigenvalue weighted by molar-refractivity contribution is 0.0597. The van der Waals surface area contributed by atoms with Gasteiger partial charge in [0.05, 0.1) is 19.1 Å². The number of sulfonamides is 1. The fraction of sp³-hybridized carbons (Fsp3) is 0.533. The summed E-state index contributed by atoms with van der Waals surface area (Å²) in [5.41, 5.74) is 5.68. The van der Waals surface area contributed by atoms with Crippen LogP contribution in [0.4, 0.5) is 0 Å². The zero-order valence-corrected chi connectivity index (χ0v) is 15.9. The van der Waals surface area contributed by atoms with Gasteiger partial charge in [0.2, 0.25) is 10.0 Å². The number of nitrogens with two attached hydrogens (primary N) is 1. The summed E-state index contributed by atoms with van der Waals surface area (Å²) in [6.45, 7) is 4.16. The Balaban J connectivity index is 0.00000529. The number of hydrogen-bond donors (Lipinski definition) is 2. The minimum Gasteiger partial charge on any atom is -0.496 e. The Hall–Kier alpha value is -1.35. The molecule has 1 unspecified atom stereocenters. The third kappa shape index (κ3) is 5.94. The molecule has 0 radical (unpaired) electrons. The first-order valence-electron chi connectivity index (χ1n) is 7.23. The summed E-state index contributed by atoms with van der Waals surface area (Å²) < 4.78 is 37.2. The molecule has 3 N–H and O–H groups in total. The van der Waals surface area contributed by atoms with Crippen LogP contribution in [0.2, 0.25) is 0 Å². The maximum Gasteiger partial charge on any atom is 0.341 e. The number of benzene rings is 1. The van der Waals surface area contributed by atoms with E-state index in [0.717, 1.165) is 0 Å². The lowest BCUT2D eigenvalue weighted by atomic mass is 10.1. The third-order valence-corrected chi connectivity index (χ3v) is 4.77. The van der Waals surface area contributed by atoms with Crippen LogP contribution < -0.4 is 15.2 Å². The molecule has 1 aromatic carbocycles. The van der Waals surface area contributed by atoms with Gasteiger partial charge in [-0.1, -0.05) is 13.8 Å². The smallest absolute Gasteiger partial charge is 0.341 e. The maximum absolute atomic E-state index is 12.5. The standard InChI is InChI=1S/C15H24N2O5S.ClH/c1-10(2)7-11(9-16)17-23(19,20)12-5-6-14(21-3)13(8-12)15(18)22-4;/h5-6,8,10-11,17H,7,9,16H2,1-4H3;1H. The number of hydrogen-bond acceptors (Lipinski definition) is 6. The Morgan fingerprint density at radius 3 is 2.38 bits per heavy atom. The Labute approximate surface area is 149 Å². The van der Waals surface area contributed by atoms with Crippen LogP contribution in [0.5, 0.6) is 5.75 Å². The molecule has 0 spiro atoms. The highest BCUT2D eigenvalue weighted by molar-refractivity contribution is 7.89. The molecule has 7 nitrogen and oxygen atoms in total. The van der Waals surface area contributed by atoms with E-state index in [2.05, 4.69) is 9.46 Å². The number of esters is 1. The van der Waals surface area contributed by atoms with Crippen molar-refractivity contribution in [3.63, 3.8) is 0 Å². The van der Waals surface area contributed by atoms with Crippen molar-refractivity contribution >= 4 is 28.4 Å². The Kier molecular flexibility index (Phi) is 9.27. The summed E-state index contributed by atoms with van der Waals surface area (Å²) >= 11 is 0. The maximum atomic E-state index is 12.5. The van der Waals surface area contributed by atoms with Crippen molar-refractivity contribution < 1.29 is 22.7 Å². The van der Waals surface area contributed by atoms with Crippen molar-refractivity contribution in [3.05, 3.63) is 23.8 Å². The molecule has 0 heterocycles. The predicted octanol–water partition coefficient (Wildman–Crippen LogP) is 1.56. The van der Waals surface area contributed by atoms with Crippen LogP contribution >= 0.6 is 12.4 Å². The molecular weight excluding hydrogens is 356 g/mol. The molecule has 0 amide bonds. The van der Waals surface area contributed by atoms with Crippen LogP contribution in [0.1, 0.15) is 30.6 Å². The molecule has 0 saturated carbocycles. The number of ether oxygens (including phenoxy) is 2. The highest BCUT2D eigenvalue weighted by Gasteiger charge is 2.23. The summed E-state index contributed by atoms with van der Waals surface area (Å²) in [6.07, 6.45) is 0.621. The van der Waals surface area contributed by atoms with Crippen LogP contribution in [0.15, 0.2) is 23.1 Å². The van der Waals surface area contributed by atoms with Gasteiger partial charge >= 0.3 is 5.97 Å². The molecule has 0 aliphatic carbocycles. The zero-order chi connectivity index (χ0) is 17.6. The van der Waals surface area contributed by atoms with Crippen LogP contribution in [0.3, 0.4) is 0 Å². The summed E-state index contributed by atoms with van der Waals surface area (Å²) in [7, 11) is -1.19. The van der Waals surface area contributed by atoms with Gasteiger partial charge in [-0.15, -0.1) is 12.4 Å². The number of nitrogens with one attached hydrogen (secondary N) is 1. The molecule has 0 aliphatic heterocycles. The van der Waals surface area contributed by atoms with Gasteiger partial charge in [0.1, 0.15) is 11.3 Å². The summed E-state index contributed by atoms with van der Waals surface area (Å²) in [6, 6.07) is 3.65. The number of carbonyl (C=O) groups excluding carboxylic acids is 1. The molecule has 1 rings (SSSR count). The first-order valence-corrected chi connectivity index (χ1v) is 8.72. The van der Waals surface area contributed by atoms with E-state index in [-0.39, 0.29) is 41.2 Å². The second-order valence-corrected chi connectivity index (χ2v) is 7.25. The van der Waals surface area contributed by atoms with E-state index in [1.165, 1.54) is 32.4 Å². The average Bonchev–Trinajstić information content (AvgIpc) is 2.51. The molecular formula is C15H25ClN2O5S. The first-order chi connectivity index (χ1) is 10.7. The van der Waals surface area contributed by atoms with Gasteiger partial charge in [-0.05, 0) is 30.5 Å². The van der Waals surface area contributed by atoms with Crippen molar-refractivity contribution in [1.82, 2.24) is 4.72 Å². The molecule has 1 atom stereocenters. The minimum absolute atomic E-state index is 0. The second kappa shape index (κ2) is 9.83. The van der Waals surface area contributed by atoms with Gasteiger partial charge in [-0.3, -0.25) is 0 Å². The molecule has 1 aromatic rings. The quantitative estimate of drug-likeness (QED) is 0.662.